The molecule has 1 amide bonds. The van der Waals surface area contributed by atoms with Gasteiger partial charge in [0.1, 0.15) is 0 Å². The van der Waals surface area contributed by atoms with E-state index in [1.165, 1.54) is 5.56 Å². The van der Waals surface area contributed by atoms with E-state index in [0.29, 0.717) is 13.2 Å². The maximum Gasteiger partial charge on any atom is 0.251 e. The highest BCUT2D eigenvalue weighted by Gasteiger charge is 2.13. The Hall–Kier alpha value is -1.39. The molecule has 0 bridgehead atoms. The van der Waals surface area contributed by atoms with Crippen molar-refractivity contribution in [3.63, 3.8) is 0 Å². The number of amides is 1. The van der Waals surface area contributed by atoms with Crippen LogP contribution in [0.25, 0.3) is 0 Å². The van der Waals surface area contributed by atoms with Gasteiger partial charge in [-0.05, 0) is 42.6 Å². The second kappa shape index (κ2) is 7.26. The molecule has 0 saturated heterocycles. The number of ether oxygens (including phenoxy) is 1. The monoisotopic (exact) mass is 262 g/mol. The van der Waals surface area contributed by atoms with Gasteiger partial charge in [-0.25, -0.2) is 0 Å². The topological polar surface area (TPSA) is 64.3 Å². The molecule has 1 aromatic carbocycles. The summed E-state index contributed by atoms with van der Waals surface area (Å²) in [7, 11) is 0. The fourth-order valence-corrected chi connectivity index (χ4v) is 2.24. The summed E-state index contributed by atoms with van der Waals surface area (Å²) in [6.45, 7) is 2.77. The second-order valence-corrected chi connectivity index (χ2v) is 4.94. The van der Waals surface area contributed by atoms with Crippen LogP contribution in [0.15, 0.2) is 18.2 Å². The van der Waals surface area contributed by atoms with E-state index in [-0.39, 0.29) is 5.91 Å². The van der Waals surface area contributed by atoms with Gasteiger partial charge in [0.2, 0.25) is 0 Å². The first-order valence-corrected chi connectivity index (χ1v) is 6.99. The number of hydrogen-bond donors (Lipinski definition) is 2. The van der Waals surface area contributed by atoms with Crippen molar-refractivity contribution in [2.45, 2.75) is 38.9 Å². The number of unbranched alkanes of at least 4 members (excludes halogenated alkanes) is 3. The number of fused-ring (bicyclic) bond motifs is 1. The molecule has 1 aliphatic heterocycles. The van der Waals surface area contributed by atoms with Gasteiger partial charge in [-0.1, -0.05) is 18.9 Å². The van der Waals surface area contributed by atoms with Gasteiger partial charge in [-0.15, -0.1) is 0 Å². The van der Waals surface area contributed by atoms with Gasteiger partial charge in [-0.2, -0.15) is 0 Å². The lowest BCUT2D eigenvalue weighted by atomic mass is 10.1. The fourth-order valence-electron chi connectivity index (χ4n) is 2.24. The van der Waals surface area contributed by atoms with Crippen molar-refractivity contribution < 1.29 is 9.53 Å². The number of nitrogens with one attached hydrogen (secondary N) is 1. The molecule has 19 heavy (non-hydrogen) atoms. The third-order valence-corrected chi connectivity index (χ3v) is 3.40. The van der Waals surface area contributed by atoms with Crippen LogP contribution < -0.4 is 11.1 Å². The molecule has 0 aromatic heterocycles. The molecule has 4 heteroatoms. The van der Waals surface area contributed by atoms with Crippen LogP contribution >= 0.6 is 0 Å². The minimum Gasteiger partial charge on any atom is -0.372 e. The maximum atomic E-state index is 12.0. The van der Waals surface area contributed by atoms with E-state index in [9.17, 15) is 4.79 Å². The lowest BCUT2D eigenvalue weighted by Crippen LogP contribution is -2.24. The molecule has 0 radical (unpaired) electrons. The first-order valence-electron chi connectivity index (χ1n) is 6.99. The highest BCUT2D eigenvalue weighted by molar-refractivity contribution is 5.94. The van der Waals surface area contributed by atoms with Crippen LogP contribution in [0, 0.1) is 0 Å². The lowest BCUT2D eigenvalue weighted by Gasteiger charge is -2.06. The van der Waals surface area contributed by atoms with E-state index in [2.05, 4.69) is 5.32 Å². The normalized spacial score (nSPS) is 13.3. The SMILES string of the molecule is NCCCCCCNC(=O)c1ccc2c(c1)COC2. The van der Waals surface area contributed by atoms with Gasteiger partial charge in [0.05, 0.1) is 13.2 Å². The summed E-state index contributed by atoms with van der Waals surface area (Å²) in [6, 6.07) is 5.79. The van der Waals surface area contributed by atoms with E-state index in [0.717, 1.165) is 49.9 Å². The van der Waals surface area contributed by atoms with Crippen molar-refractivity contribution in [3.05, 3.63) is 34.9 Å². The summed E-state index contributed by atoms with van der Waals surface area (Å²) in [6.07, 6.45) is 4.34. The zero-order chi connectivity index (χ0) is 13.5. The Morgan fingerprint density at radius 3 is 2.79 bits per heavy atom. The summed E-state index contributed by atoms with van der Waals surface area (Å²) in [5, 5.41) is 2.96. The molecule has 1 heterocycles. The van der Waals surface area contributed by atoms with E-state index in [1.807, 2.05) is 18.2 Å². The standard InChI is InChI=1S/C15H22N2O2/c16-7-3-1-2-4-8-17-15(18)12-5-6-13-10-19-11-14(13)9-12/h5-6,9H,1-4,7-8,10-11,16H2,(H,17,18). The van der Waals surface area contributed by atoms with Gasteiger partial charge in [-0.3, -0.25) is 4.79 Å². The molecular weight excluding hydrogens is 240 g/mol. The van der Waals surface area contributed by atoms with Gasteiger partial charge >= 0.3 is 0 Å². The van der Waals surface area contributed by atoms with Gasteiger partial charge in [0.25, 0.3) is 5.91 Å². The molecule has 0 saturated carbocycles. The first kappa shape index (κ1) is 14.0. The van der Waals surface area contributed by atoms with E-state index in [4.69, 9.17) is 10.5 Å². The van der Waals surface area contributed by atoms with Crippen LogP contribution in [0.3, 0.4) is 0 Å². The van der Waals surface area contributed by atoms with Gasteiger partial charge in [0.15, 0.2) is 0 Å². The number of hydrogen-bond acceptors (Lipinski definition) is 3. The van der Waals surface area contributed by atoms with Gasteiger partial charge < -0.3 is 15.8 Å². The molecule has 1 aliphatic rings. The quantitative estimate of drug-likeness (QED) is 0.738. The highest BCUT2D eigenvalue weighted by atomic mass is 16.5. The maximum absolute atomic E-state index is 12.0. The fraction of sp³-hybridized carbons (Fsp3) is 0.533. The second-order valence-electron chi connectivity index (χ2n) is 4.94. The Morgan fingerprint density at radius 2 is 1.95 bits per heavy atom. The van der Waals surface area contributed by atoms with Crippen molar-refractivity contribution in [1.82, 2.24) is 5.32 Å². The van der Waals surface area contributed by atoms with Crippen molar-refractivity contribution >= 4 is 5.91 Å². The van der Waals surface area contributed by atoms with Crippen LogP contribution in [0.4, 0.5) is 0 Å². The molecule has 0 atom stereocenters. The van der Waals surface area contributed by atoms with Crippen LogP contribution in [0.5, 0.6) is 0 Å². The molecule has 2 rings (SSSR count). The Labute approximate surface area is 114 Å². The predicted octanol–water partition coefficient (Wildman–Crippen LogP) is 1.97. The minimum atomic E-state index is 0.00789. The Morgan fingerprint density at radius 1 is 1.16 bits per heavy atom. The highest BCUT2D eigenvalue weighted by Crippen LogP contribution is 2.20. The third-order valence-electron chi connectivity index (χ3n) is 3.40. The molecule has 0 aliphatic carbocycles. The molecule has 0 unspecified atom stereocenters. The average Bonchev–Trinajstić information content (AvgIpc) is 2.89. The number of rotatable bonds is 7. The number of carbonyl (C=O) groups excluding carboxylic acids is 1. The average molecular weight is 262 g/mol. The van der Waals surface area contributed by atoms with Crippen LogP contribution in [-0.4, -0.2) is 19.0 Å². The van der Waals surface area contributed by atoms with Gasteiger partial charge in [0, 0.05) is 12.1 Å². The van der Waals surface area contributed by atoms with Crippen molar-refractivity contribution in [3.8, 4) is 0 Å². The largest absolute Gasteiger partial charge is 0.372 e. The summed E-state index contributed by atoms with van der Waals surface area (Å²) in [4.78, 5) is 12.0. The van der Waals surface area contributed by atoms with Crippen molar-refractivity contribution in [2.75, 3.05) is 13.1 Å². The molecule has 3 N–H and O–H groups in total. The summed E-state index contributed by atoms with van der Waals surface area (Å²) < 4.78 is 5.34. The third kappa shape index (κ3) is 4.04. The van der Waals surface area contributed by atoms with Crippen LogP contribution in [0.1, 0.15) is 47.2 Å². The number of carbonyl (C=O) groups is 1. The van der Waals surface area contributed by atoms with Crippen molar-refractivity contribution in [1.29, 1.82) is 0 Å². The molecule has 0 fully saturated rings. The minimum absolute atomic E-state index is 0.00789. The molecule has 0 spiro atoms. The number of benzene rings is 1. The zero-order valence-corrected chi connectivity index (χ0v) is 11.3. The molecular formula is C15H22N2O2. The van der Waals surface area contributed by atoms with Crippen molar-refractivity contribution in [2.24, 2.45) is 5.73 Å². The van der Waals surface area contributed by atoms with E-state index >= 15 is 0 Å². The Bertz CT molecular complexity index is 432. The van der Waals surface area contributed by atoms with Crippen LogP contribution in [-0.2, 0) is 18.0 Å². The smallest absolute Gasteiger partial charge is 0.251 e. The summed E-state index contributed by atoms with van der Waals surface area (Å²) in [5.74, 6) is 0.00789. The molecule has 1 aromatic rings. The molecule has 104 valence electrons. The first-order chi connectivity index (χ1) is 9.31. The van der Waals surface area contributed by atoms with E-state index in [1.54, 1.807) is 0 Å². The van der Waals surface area contributed by atoms with E-state index < -0.39 is 0 Å². The van der Waals surface area contributed by atoms with Crippen LogP contribution in [0.2, 0.25) is 0 Å². The Kier molecular flexibility index (Phi) is 5.36. The predicted molar refractivity (Wildman–Crippen MR) is 74.8 cm³/mol. The summed E-state index contributed by atoms with van der Waals surface area (Å²) >= 11 is 0. The molecule has 4 nitrogen and oxygen atoms in total. The Balaban J connectivity index is 1.74. The summed E-state index contributed by atoms with van der Waals surface area (Å²) in [5.41, 5.74) is 8.49. The number of nitrogens with two attached hydrogens (primary N) is 1. The lowest BCUT2D eigenvalue weighted by molar-refractivity contribution is 0.0952. The zero-order valence-electron chi connectivity index (χ0n) is 11.3.